The van der Waals surface area contributed by atoms with Gasteiger partial charge in [-0.15, -0.1) is 6.58 Å². The van der Waals surface area contributed by atoms with Gasteiger partial charge in [0.05, 0.1) is 11.5 Å². The van der Waals surface area contributed by atoms with Gasteiger partial charge in [0.1, 0.15) is 24.2 Å². The summed E-state index contributed by atoms with van der Waals surface area (Å²) in [6.07, 6.45) is 8.89. The molecule has 3 heterocycles. The average molecular weight is 465 g/mol. The fourth-order valence-electron chi connectivity index (χ4n) is 3.44. The highest BCUT2D eigenvalue weighted by Crippen LogP contribution is 2.40. The van der Waals surface area contributed by atoms with Crippen LogP contribution in [0.15, 0.2) is 59.8 Å². The van der Waals surface area contributed by atoms with Crippen LogP contribution in [0.4, 0.5) is 5.82 Å². The van der Waals surface area contributed by atoms with Gasteiger partial charge in [-0.2, -0.15) is 0 Å². The van der Waals surface area contributed by atoms with Gasteiger partial charge in [0.25, 0.3) is 0 Å². The fraction of sp³-hybridized carbons (Fsp3) is 0.370. The minimum atomic E-state index is 0.240. The zero-order valence-corrected chi connectivity index (χ0v) is 20.6. The average Bonchev–Trinajstić information content (AvgIpc) is 3.52. The number of aldehydes is 1. The molecule has 4 rings (SSSR count). The fourth-order valence-corrected chi connectivity index (χ4v) is 3.44. The predicted molar refractivity (Wildman–Crippen MR) is 140 cm³/mol. The van der Waals surface area contributed by atoms with E-state index in [2.05, 4.69) is 52.3 Å². The van der Waals surface area contributed by atoms with Crippen molar-refractivity contribution in [3.63, 3.8) is 0 Å². The van der Waals surface area contributed by atoms with Crippen LogP contribution in [-0.2, 0) is 9.53 Å². The Balaban J connectivity index is 0.000000447. The van der Waals surface area contributed by atoms with Crippen LogP contribution in [0.2, 0.25) is 0 Å². The number of fused-ring (bicyclic) bond motifs is 1. The first-order valence-corrected chi connectivity index (χ1v) is 11.6. The molecule has 2 aromatic heterocycles. The van der Waals surface area contributed by atoms with E-state index in [1.807, 2.05) is 39.2 Å². The molecule has 0 saturated carbocycles. The standard InChI is InChI=1S/C21H23N3O2.C4H6O.C2H7N/c1-3-14(2)19-17(15-8-5-4-6-9-15)18-20(23-13-24-21(18)26-19)22-12-16-10-7-11-25-16;1-2-3-4-5;1-3-2/h3-6,8-9,13,16H,7,10-12H2,1-2H3,(H,22,23,24);2,4H,1,3H2;3H,1-2H3/b14-3+;;/t16-;;/m0../s1. The number of nitrogens with zero attached hydrogens (tertiary/aromatic N) is 2. The quantitative estimate of drug-likeness (QED) is 0.352. The van der Waals surface area contributed by atoms with Crippen molar-refractivity contribution in [2.24, 2.45) is 0 Å². The van der Waals surface area contributed by atoms with Gasteiger partial charge in [0.2, 0.25) is 5.71 Å². The van der Waals surface area contributed by atoms with Gasteiger partial charge in [-0.1, -0.05) is 42.5 Å². The molecule has 1 aromatic carbocycles. The van der Waals surface area contributed by atoms with Crippen LogP contribution in [0.1, 0.15) is 38.9 Å². The number of carbonyl (C=O) groups excluding carboxylic acids is 1. The van der Waals surface area contributed by atoms with Crippen LogP contribution in [0.25, 0.3) is 27.8 Å². The topological polar surface area (TPSA) is 89.3 Å². The molecule has 0 aliphatic carbocycles. The number of hydrogen-bond acceptors (Lipinski definition) is 7. The summed E-state index contributed by atoms with van der Waals surface area (Å²) in [5.41, 5.74) is 3.81. The molecule has 3 aromatic rings. The molecule has 0 radical (unpaired) electrons. The molecule has 1 aliphatic heterocycles. The Morgan fingerprint density at radius 2 is 1.97 bits per heavy atom. The van der Waals surface area contributed by atoms with Crippen LogP contribution < -0.4 is 10.6 Å². The molecular weight excluding hydrogens is 428 g/mol. The maximum absolute atomic E-state index is 9.33. The van der Waals surface area contributed by atoms with Crippen molar-refractivity contribution in [3.05, 3.63) is 61.2 Å². The summed E-state index contributed by atoms with van der Waals surface area (Å²) < 4.78 is 11.9. The number of aromatic nitrogens is 2. The second kappa shape index (κ2) is 14.8. The van der Waals surface area contributed by atoms with Crippen LogP contribution in [0, 0.1) is 0 Å². The number of rotatable bonds is 7. The lowest BCUT2D eigenvalue weighted by atomic mass is 10.00. The Morgan fingerprint density at radius 3 is 2.53 bits per heavy atom. The maximum atomic E-state index is 9.33. The van der Waals surface area contributed by atoms with E-state index >= 15 is 0 Å². The molecule has 0 amide bonds. The summed E-state index contributed by atoms with van der Waals surface area (Å²) in [6, 6.07) is 10.3. The normalized spacial score (nSPS) is 15.1. The van der Waals surface area contributed by atoms with E-state index in [9.17, 15) is 4.79 Å². The molecular formula is C27H36N4O3. The maximum Gasteiger partial charge on any atom is 0.232 e. The minimum absolute atomic E-state index is 0.240. The van der Waals surface area contributed by atoms with Crippen molar-refractivity contribution >= 4 is 28.8 Å². The van der Waals surface area contributed by atoms with Gasteiger partial charge in [0.15, 0.2) is 0 Å². The van der Waals surface area contributed by atoms with Crippen molar-refractivity contribution in [1.82, 2.24) is 15.3 Å². The number of ether oxygens (including phenoxy) is 1. The third kappa shape index (κ3) is 7.37. The Bertz CT molecular complexity index is 1050. The highest BCUT2D eigenvalue weighted by molar-refractivity contribution is 6.04. The summed E-state index contributed by atoms with van der Waals surface area (Å²) in [7, 11) is 3.75. The molecule has 7 heteroatoms. The van der Waals surface area contributed by atoms with Crippen molar-refractivity contribution in [2.75, 3.05) is 32.6 Å². The smallest absolute Gasteiger partial charge is 0.232 e. The second-order valence-electron chi connectivity index (χ2n) is 7.75. The zero-order chi connectivity index (χ0) is 24.8. The molecule has 0 unspecified atom stereocenters. The Morgan fingerprint density at radius 1 is 1.24 bits per heavy atom. The molecule has 182 valence electrons. The first kappa shape index (κ1) is 27.0. The van der Waals surface area contributed by atoms with Gasteiger partial charge in [-0.3, -0.25) is 0 Å². The van der Waals surface area contributed by atoms with Crippen LogP contribution in [0.5, 0.6) is 0 Å². The molecule has 34 heavy (non-hydrogen) atoms. The highest BCUT2D eigenvalue weighted by Gasteiger charge is 2.22. The molecule has 1 atom stereocenters. The third-order valence-corrected chi connectivity index (χ3v) is 5.13. The monoisotopic (exact) mass is 464 g/mol. The first-order valence-electron chi connectivity index (χ1n) is 11.6. The predicted octanol–water partition coefficient (Wildman–Crippen LogP) is 5.50. The Hall–Kier alpha value is -3.29. The number of hydrogen-bond donors (Lipinski definition) is 2. The number of furan rings is 1. The van der Waals surface area contributed by atoms with E-state index in [0.29, 0.717) is 12.1 Å². The van der Waals surface area contributed by atoms with Crippen molar-refractivity contribution in [3.8, 4) is 11.1 Å². The van der Waals surface area contributed by atoms with Gasteiger partial charge < -0.3 is 24.6 Å². The van der Waals surface area contributed by atoms with Gasteiger partial charge in [0, 0.05) is 25.1 Å². The SMILES string of the molecule is C/C=C(\C)c1oc2ncnc(NC[C@@H]3CCCO3)c2c1-c1ccccc1.C=CCC=O.CNC. The minimum Gasteiger partial charge on any atom is -0.437 e. The molecule has 1 aliphatic rings. The lowest BCUT2D eigenvalue weighted by molar-refractivity contribution is -0.107. The zero-order valence-electron chi connectivity index (χ0n) is 20.6. The number of carbonyl (C=O) groups is 1. The van der Waals surface area contributed by atoms with E-state index < -0.39 is 0 Å². The molecule has 0 bridgehead atoms. The van der Waals surface area contributed by atoms with Crippen molar-refractivity contribution in [2.45, 2.75) is 39.2 Å². The molecule has 7 nitrogen and oxygen atoms in total. The lowest BCUT2D eigenvalue weighted by Crippen LogP contribution is -2.19. The summed E-state index contributed by atoms with van der Waals surface area (Å²) >= 11 is 0. The summed E-state index contributed by atoms with van der Waals surface area (Å²) in [5, 5.41) is 7.13. The molecule has 1 fully saturated rings. The largest absolute Gasteiger partial charge is 0.437 e. The highest BCUT2D eigenvalue weighted by atomic mass is 16.5. The molecule has 0 spiro atoms. The number of benzene rings is 1. The first-order chi connectivity index (χ1) is 16.6. The van der Waals surface area contributed by atoms with Crippen molar-refractivity contribution in [1.29, 1.82) is 0 Å². The molecule has 2 N–H and O–H groups in total. The Labute approximate surface area is 202 Å². The van der Waals surface area contributed by atoms with Crippen LogP contribution in [0.3, 0.4) is 0 Å². The summed E-state index contributed by atoms with van der Waals surface area (Å²) in [4.78, 5) is 18.2. The van der Waals surface area contributed by atoms with Gasteiger partial charge in [-0.05, 0) is 51.9 Å². The van der Waals surface area contributed by atoms with E-state index in [4.69, 9.17) is 9.15 Å². The number of allylic oxidation sites excluding steroid dienone is 3. The second-order valence-corrected chi connectivity index (χ2v) is 7.75. The summed E-state index contributed by atoms with van der Waals surface area (Å²) in [5.74, 6) is 1.64. The van der Waals surface area contributed by atoms with Gasteiger partial charge >= 0.3 is 0 Å². The van der Waals surface area contributed by atoms with Crippen LogP contribution >= 0.6 is 0 Å². The number of nitrogens with one attached hydrogen (secondary N) is 2. The lowest BCUT2D eigenvalue weighted by Gasteiger charge is -2.12. The van der Waals surface area contributed by atoms with Crippen LogP contribution in [-0.4, -0.2) is 49.6 Å². The number of anilines is 1. The third-order valence-electron chi connectivity index (χ3n) is 5.13. The van der Waals surface area contributed by atoms with E-state index in [1.54, 1.807) is 12.4 Å². The van der Waals surface area contributed by atoms with Crippen molar-refractivity contribution < 1.29 is 13.9 Å². The van der Waals surface area contributed by atoms with E-state index in [-0.39, 0.29) is 6.10 Å². The molecule has 1 saturated heterocycles. The van der Waals surface area contributed by atoms with E-state index in [0.717, 1.165) is 65.9 Å². The summed E-state index contributed by atoms with van der Waals surface area (Å²) in [6.45, 7) is 8.97. The van der Waals surface area contributed by atoms with E-state index in [1.165, 1.54) is 0 Å². The Kier molecular flexibility index (Phi) is 11.7. The van der Waals surface area contributed by atoms with Gasteiger partial charge in [-0.25, -0.2) is 9.97 Å².